The molecule has 1 aromatic carbocycles. The molecule has 2 heterocycles. The lowest BCUT2D eigenvalue weighted by Crippen LogP contribution is -2.35. The second-order valence-electron chi connectivity index (χ2n) is 5.16. The first-order valence-corrected chi connectivity index (χ1v) is 8.60. The van der Waals surface area contributed by atoms with Gasteiger partial charge in [-0.05, 0) is 25.0 Å². The molecule has 0 amide bonds. The lowest BCUT2D eigenvalue weighted by Gasteiger charge is -2.24. The molecule has 0 spiro atoms. The SMILES string of the molecule is NNc1nc(NC2CCCS(=O)(=O)C2)c2ccccc2n1. The number of hydrogen-bond acceptors (Lipinski definition) is 7. The molecule has 0 radical (unpaired) electrons. The highest BCUT2D eigenvalue weighted by Gasteiger charge is 2.25. The van der Waals surface area contributed by atoms with Gasteiger partial charge in [0, 0.05) is 11.4 Å². The summed E-state index contributed by atoms with van der Waals surface area (Å²) in [5.41, 5.74) is 3.18. The largest absolute Gasteiger partial charge is 0.366 e. The van der Waals surface area contributed by atoms with Gasteiger partial charge in [-0.3, -0.25) is 5.43 Å². The minimum Gasteiger partial charge on any atom is -0.366 e. The van der Waals surface area contributed by atoms with Crippen molar-refractivity contribution in [2.45, 2.75) is 18.9 Å². The molecule has 0 bridgehead atoms. The Labute approximate surface area is 122 Å². The van der Waals surface area contributed by atoms with E-state index in [1.165, 1.54) is 0 Å². The van der Waals surface area contributed by atoms with Crippen LogP contribution >= 0.6 is 0 Å². The van der Waals surface area contributed by atoms with Crippen LogP contribution in [0.15, 0.2) is 24.3 Å². The second-order valence-corrected chi connectivity index (χ2v) is 7.38. The van der Waals surface area contributed by atoms with Crippen LogP contribution in [0.5, 0.6) is 0 Å². The molecular weight excluding hydrogens is 290 g/mol. The van der Waals surface area contributed by atoms with E-state index >= 15 is 0 Å². The molecule has 112 valence electrons. The van der Waals surface area contributed by atoms with E-state index in [4.69, 9.17) is 5.84 Å². The average Bonchev–Trinajstić information content (AvgIpc) is 2.46. The quantitative estimate of drug-likeness (QED) is 0.571. The molecule has 1 aliphatic heterocycles. The van der Waals surface area contributed by atoms with Gasteiger partial charge in [0.15, 0.2) is 9.84 Å². The number of nitrogens with one attached hydrogen (secondary N) is 2. The smallest absolute Gasteiger partial charge is 0.239 e. The third-order valence-electron chi connectivity index (χ3n) is 3.54. The van der Waals surface area contributed by atoms with Crippen molar-refractivity contribution >= 4 is 32.5 Å². The van der Waals surface area contributed by atoms with Gasteiger partial charge in [0.1, 0.15) is 5.82 Å². The number of fused-ring (bicyclic) bond motifs is 1. The Balaban J connectivity index is 1.96. The summed E-state index contributed by atoms with van der Waals surface area (Å²) in [6.07, 6.45) is 1.48. The van der Waals surface area contributed by atoms with E-state index in [-0.39, 0.29) is 17.5 Å². The van der Waals surface area contributed by atoms with Crippen molar-refractivity contribution in [2.75, 3.05) is 22.2 Å². The van der Waals surface area contributed by atoms with E-state index < -0.39 is 9.84 Å². The second kappa shape index (κ2) is 5.45. The molecule has 3 rings (SSSR count). The van der Waals surface area contributed by atoms with E-state index in [9.17, 15) is 8.42 Å². The third-order valence-corrected chi connectivity index (χ3v) is 5.36. The van der Waals surface area contributed by atoms with E-state index in [0.717, 1.165) is 17.3 Å². The molecule has 1 aliphatic rings. The normalized spacial score (nSPS) is 21.1. The zero-order valence-corrected chi connectivity index (χ0v) is 12.2. The zero-order chi connectivity index (χ0) is 14.9. The Kier molecular flexibility index (Phi) is 3.64. The number of benzene rings is 1. The molecule has 1 unspecified atom stereocenters. The van der Waals surface area contributed by atoms with E-state index in [1.54, 1.807) is 0 Å². The fraction of sp³-hybridized carbons (Fsp3) is 0.385. The first kappa shape index (κ1) is 14.0. The summed E-state index contributed by atoms with van der Waals surface area (Å²) in [5, 5.41) is 4.08. The van der Waals surface area contributed by atoms with Crippen LogP contribution in [0.2, 0.25) is 0 Å². The zero-order valence-electron chi connectivity index (χ0n) is 11.4. The molecule has 21 heavy (non-hydrogen) atoms. The number of nitrogen functional groups attached to an aromatic ring is 1. The van der Waals surface area contributed by atoms with E-state index in [0.29, 0.717) is 18.2 Å². The Morgan fingerprint density at radius 2 is 2.05 bits per heavy atom. The van der Waals surface area contributed by atoms with Gasteiger partial charge in [-0.15, -0.1) is 0 Å². The topological polar surface area (TPSA) is 110 Å². The number of aromatic nitrogens is 2. The molecular formula is C13H17N5O2S. The molecule has 1 atom stereocenters. The summed E-state index contributed by atoms with van der Waals surface area (Å²) in [5.74, 6) is 6.70. The van der Waals surface area contributed by atoms with Crippen molar-refractivity contribution in [3.05, 3.63) is 24.3 Å². The summed E-state index contributed by atoms with van der Waals surface area (Å²) >= 11 is 0. The number of rotatable bonds is 3. The first-order chi connectivity index (χ1) is 10.1. The van der Waals surface area contributed by atoms with Crippen LogP contribution in [0.25, 0.3) is 10.9 Å². The predicted molar refractivity (Wildman–Crippen MR) is 82.6 cm³/mol. The van der Waals surface area contributed by atoms with Gasteiger partial charge in [0.25, 0.3) is 0 Å². The van der Waals surface area contributed by atoms with Crippen LogP contribution in [-0.2, 0) is 9.84 Å². The minimum absolute atomic E-state index is 0.132. The average molecular weight is 307 g/mol. The first-order valence-electron chi connectivity index (χ1n) is 6.78. The van der Waals surface area contributed by atoms with E-state index in [2.05, 4.69) is 20.7 Å². The maximum Gasteiger partial charge on any atom is 0.239 e. The molecule has 4 N–H and O–H groups in total. The molecule has 1 fully saturated rings. The highest BCUT2D eigenvalue weighted by Crippen LogP contribution is 2.24. The van der Waals surface area contributed by atoms with Crippen LogP contribution in [0, 0.1) is 0 Å². The van der Waals surface area contributed by atoms with Gasteiger partial charge in [-0.2, -0.15) is 4.98 Å². The third kappa shape index (κ3) is 3.06. The lowest BCUT2D eigenvalue weighted by atomic mass is 10.1. The molecule has 7 nitrogen and oxygen atoms in total. The maximum atomic E-state index is 11.7. The maximum absolute atomic E-state index is 11.7. The number of hydrazine groups is 1. The standard InChI is InChI=1S/C13H17N5O2S/c14-18-13-16-11-6-2-1-5-10(11)12(17-13)15-9-4-3-7-21(19,20)8-9/h1-2,5-6,9H,3-4,7-8,14H2,(H2,15,16,17,18). The van der Waals surface area contributed by atoms with Gasteiger partial charge < -0.3 is 5.32 Å². The fourth-order valence-corrected chi connectivity index (χ4v) is 4.22. The molecule has 1 saturated heterocycles. The molecule has 8 heteroatoms. The van der Waals surface area contributed by atoms with Crippen molar-refractivity contribution in [1.29, 1.82) is 0 Å². The van der Waals surface area contributed by atoms with Gasteiger partial charge in [-0.25, -0.2) is 19.2 Å². The Morgan fingerprint density at radius 1 is 1.24 bits per heavy atom. The highest BCUT2D eigenvalue weighted by molar-refractivity contribution is 7.91. The van der Waals surface area contributed by atoms with Crippen molar-refractivity contribution in [2.24, 2.45) is 5.84 Å². The molecule has 2 aromatic rings. The number of nitrogens with zero attached hydrogens (tertiary/aromatic N) is 2. The highest BCUT2D eigenvalue weighted by atomic mass is 32.2. The monoisotopic (exact) mass is 307 g/mol. The predicted octanol–water partition coefficient (Wildman–Crippen LogP) is 0.904. The number of hydrogen-bond donors (Lipinski definition) is 3. The molecule has 1 aromatic heterocycles. The molecule has 0 aliphatic carbocycles. The van der Waals surface area contributed by atoms with Crippen molar-refractivity contribution in [3.63, 3.8) is 0 Å². The van der Waals surface area contributed by atoms with Crippen LogP contribution in [-0.4, -0.2) is 35.9 Å². The van der Waals surface area contributed by atoms with Crippen LogP contribution in [0.1, 0.15) is 12.8 Å². The summed E-state index contributed by atoms with van der Waals surface area (Å²) in [6, 6.07) is 7.40. The van der Waals surface area contributed by atoms with Crippen molar-refractivity contribution in [3.8, 4) is 0 Å². The minimum atomic E-state index is -2.97. The van der Waals surface area contributed by atoms with Crippen LogP contribution in [0.4, 0.5) is 11.8 Å². The van der Waals surface area contributed by atoms with Gasteiger partial charge in [-0.1, -0.05) is 12.1 Å². The summed E-state index contributed by atoms with van der Waals surface area (Å²) < 4.78 is 23.5. The van der Waals surface area contributed by atoms with Crippen molar-refractivity contribution in [1.82, 2.24) is 9.97 Å². The van der Waals surface area contributed by atoms with Crippen molar-refractivity contribution < 1.29 is 8.42 Å². The van der Waals surface area contributed by atoms with Crippen LogP contribution < -0.4 is 16.6 Å². The number of para-hydroxylation sites is 1. The summed E-state index contributed by atoms with van der Waals surface area (Å²) in [7, 11) is -2.97. The number of anilines is 2. The fourth-order valence-electron chi connectivity index (χ4n) is 2.58. The lowest BCUT2D eigenvalue weighted by molar-refractivity contribution is 0.561. The summed E-state index contributed by atoms with van der Waals surface area (Å²) in [6.45, 7) is 0. The van der Waals surface area contributed by atoms with Crippen LogP contribution in [0.3, 0.4) is 0 Å². The Hall–Kier alpha value is -1.93. The van der Waals surface area contributed by atoms with Gasteiger partial charge in [0.2, 0.25) is 5.95 Å². The Bertz CT molecular complexity index is 762. The van der Waals surface area contributed by atoms with Gasteiger partial charge in [0.05, 0.1) is 17.0 Å². The van der Waals surface area contributed by atoms with E-state index in [1.807, 2.05) is 24.3 Å². The molecule has 0 saturated carbocycles. The Morgan fingerprint density at radius 3 is 2.81 bits per heavy atom. The number of nitrogens with two attached hydrogens (primary N) is 1. The summed E-state index contributed by atoms with van der Waals surface area (Å²) in [4.78, 5) is 8.58. The number of sulfone groups is 1. The van der Waals surface area contributed by atoms with Gasteiger partial charge >= 0.3 is 0 Å².